The SMILES string of the molecule is Cc1ccc2c(c1)N(C[P+](F)(F)F)C(c1ccccc1)c1cc(N)ccc1-2. The molecule has 1 aliphatic rings. The number of nitrogen functional groups attached to an aromatic ring is 1. The summed E-state index contributed by atoms with van der Waals surface area (Å²) in [4.78, 5) is 1.49. The monoisotopic (exact) mass is 387 g/mol. The molecule has 1 atom stereocenters. The summed E-state index contributed by atoms with van der Waals surface area (Å²) in [6.45, 7) is 1.90. The molecular weight excluding hydrogens is 368 g/mol. The highest BCUT2D eigenvalue weighted by atomic mass is 31.3. The van der Waals surface area contributed by atoms with Crippen molar-refractivity contribution in [2.24, 2.45) is 0 Å². The van der Waals surface area contributed by atoms with Crippen LogP contribution in [0.3, 0.4) is 0 Å². The zero-order chi connectivity index (χ0) is 19.2. The Morgan fingerprint density at radius 2 is 1.63 bits per heavy atom. The Morgan fingerprint density at radius 1 is 0.926 bits per heavy atom. The van der Waals surface area contributed by atoms with Crippen LogP contribution in [0.2, 0.25) is 0 Å². The van der Waals surface area contributed by atoms with Gasteiger partial charge in [0, 0.05) is 29.5 Å². The maximum absolute atomic E-state index is 13.6. The number of benzene rings is 3. The quantitative estimate of drug-likeness (QED) is 0.396. The number of aryl methyl sites for hydroxylation is 1. The van der Waals surface area contributed by atoms with E-state index in [1.54, 1.807) is 12.1 Å². The number of halogens is 3. The molecule has 3 aromatic carbocycles. The zero-order valence-electron chi connectivity index (χ0n) is 14.7. The van der Waals surface area contributed by atoms with Crippen LogP contribution in [0.1, 0.15) is 22.7 Å². The van der Waals surface area contributed by atoms with Crippen LogP contribution in [0, 0.1) is 6.92 Å². The smallest absolute Gasteiger partial charge is 0.399 e. The van der Waals surface area contributed by atoms with E-state index in [1.807, 2.05) is 61.5 Å². The largest absolute Gasteiger partial charge is 0.588 e. The minimum Gasteiger partial charge on any atom is -0.399 e. The third-order valence-corrected chi connectivity index (χ3v) is 5.49. The molecule has 0 aliphatic carbocycles. The molecule has 0 amide bonds. The van der Waals surface area contributed by atoms with Crippen LogP contribution >= 0.6 is 8.19 Å². The second-order valence-electron chi connectivity index (χ2n) is 6.84. The fourth-order valence-electron chi connectivity index (χ4n) is 3.79. The van der Waals surface area contributed by atoms with Crippen molar-refractivity contribution >= 4 is 19.6 Å². The van der Waals surface area contributed by atoms with E-state index >= 15 is 0 Å². The van der Waals surface area contributed by atoms with Crippen molar-refractivity contribution < 1.29 is 12.6 Å². The number of hydrogen-bond donors (Lipinski definition) is 1. The Kier molecular flexibility index (Phi) is 4.35. The van der Waals surface area contributed by atoms with Crippen molar-refractivity contribution in [1.29, 1.82) is 0 Å². The molecule has 138 valence electrons. The van der Waals surface area contributed by atoms with Gasteiger partial charge in [0.15, 0.2) is 0 Å². The fourth-order valence-corrected chi connectivity index (χ4v) is 4.45. The first-order chi connectivity index (χ1) is 12.8. The first-order valence-electron chi connectivity index (χ1n) is 8.62. The number of fused-ring (bicyclic) bond motifs is 3. The summed E-state index contributed by atoms with van der Waals surface area (Å²) in [5, 5.41) is 0. The van der Waals surface area contributed by atoms with Gasteiger partial charge in [0.2, 0.25) is 6.29 Å². The van der Waals surface area contributed by atoms with Crippen LogP contribution in [0.4, 0.5) is 24.0 Å². The van der Waals surface area contributed by atoms with E-state index in [0.717, 1.165) is 27.8 Å². The second-order valence-corrected chi connectivity index (χ2v) is 8.23. The number of nitrogens with zero attached hydrogens (tertiary/aromatic N) is 1. The minimum atomic E-state index is -5.54. The standard InChI is InChI=1S/C21H19F3N2P/c1-14-7-9-18-17-10-8-16(25)12-19(17)21(15-5-3-2-4-6-15)26(20(18)11-14)13-27(22,23)24/h2-12,21H,13,25H2,1H3/q+1. The maximum Gasteiger partial charge on any atom is 0.588 e. The average molecular weight is 387 g/mol. The number of hydrogen-bond acceptors (Lipinski definition) is 2. The second kappa shape index (κ2) is 6.58. The molecule has 0 aromatic heterocycles. The van der Waals surface area contributed by atoms with E-state index < -0.39 is 20.5 Å². The van der Waals surface area contributed by atoms with Crippen LogP contribution in [-0.2, 0) is 0 Å². The van der Waals surface area contributed by atoms with Gasteiger partial charge in [-0.1, -0.05) is 48.5 Å². The molecular formula is C21H19F3N2P+. The van der Waals surface area contributed by atoms with E-state index in [1.165, 1.54) is 4.90 Å². The van der Waals surface area contributed by atoms with E-state index in [4.69, 9.17) is 5.73 Å². The molecule has 0 bridgehead atoms. The van der Waals surface area contributed by atoms with Gasteiger partial charge in [0.25, 0.3) is 0 Å². The summed E-state index contributed by atoms with van der Waals surface area (Å²) < 4.78 is 40.9. The normalized spacial score (nSPS) is 16.0. The van der Waals surface area contributed by atoms with Crippen molar-refractivity contribution in [3.8, 4) is 11.1 Å². The molecule has 0 radical (unpaired) electrons. The summed E-state index contributed by atoms with van der Waals surface area (Å²) in [7, 11) is -5.54. The molecule has 0 saturated heterocycles. The third kappa shape index (κ3) is 3.40. The first kappa shape index (κ1) is 17.9. The van der Waals surface area contributed by atoms with Gasteiger partial charge in [-0.3, -0.25) is 0 Å². The van der Waals surface area contributed by atoms with Crippen molar-refractivity contribution in [2.45, 2.75) is 13.0 Å². The molecule has 27 heavy (non-hydrogen) atoms. The molecule has 4 rings (SSSR count). The highest BCUT2D eigenvalue weighted by Crippen LogP contribution is 2.66. The van der Waals surface area contributed by atoms with Gasteiger partial charge in [-0.2, -0.15) is 0 Å². The van der Waals surface area contributed by atoms with Crippen molar-refractivity contribution in [2.75, 3.05) is 16.9 Å². The lowest BCUT2D eigenvalue weighted by molar-refractivity contribution is 0.569. The molecule has 0 fully saturated rings. The lowest BCUT2D eigenvalue weighted by Crippen LogP contribution is -2.33. The molecule has 2 nitrogen and oxygen atoms in total. The minimum absolute atomic E-state index is 0.527. The first-order valence-corrected chi connectivity index (χ1v) is 10.3. The Bertz CT molecular complexity index is 986. The van der Waals surface area contributed by atoms with Crippen LogP contribution in [-0.4, -0.2) is 6.29 Å². The summed E-state index contributed by atoms with van der Waals surface area (Å²) in [5.41, 5.74) is 11.5. The molecule has 1 aliphatic heterocycles. The molecule has 2 N–H and O–H groups in total. The molecule has 1 unspecified atom stereocenters. The summed E-state index contributed by atoms with van der Waals surface area (Å²) in [6, 6.07) is 20.0. The molecule has 3 aromatic rings. The summed E-state index contributed by atoms with van der Waals surface area (Å²) in [5.74, 6) is 0. The average Bonchev–Trinajstić information content (AvgIpc) is 2.61. The Morgan fingerprint density at radius 3 is 2.33 bits per heavy atom. The third-order valence-electron chi connectivity index (χ3n) is 4.86. The highest BCUT2D eigenvalue weighted by molar-refractivity contribution is 7.60. The molecule has 0 saturated carbocycles. The Labute approximate surface area is 157 Å². The lowest BCUT2D eigenvalue weighted by atomic mass is 9.84. The maximum atomic E-state index is 13.6. The molecule has 6 heteroatoms. The van der Waals surface area contributed by atoms with Gasteiger partial charge >= 0.3 is 8.19 Å². The van der Waals surface area contributed by atoms with Crippen molar-refractivity contribution in [3.63, 3.8) is 0 Å². The molecule has 0 spiro atoms. The van der Waals surface area contributed by atoms with Crippen molar-refractivity contribution in [3.05, 3.63) is 83.4 Å². The van der Waals surface area contributed by atoms with Crippen LogP contribution in [0.15, 0.2) is 66.7 Å². The Hall–Kier alpha value is -2.52. The van der Waals surface area contributed by atoms with Crippen molar-refractivity contribution in [1.82, 2.24) is 0 Å². The van der Waals surface area contributed by atoms with Gasteiger partial charge in [-0.05, 0) is 47.4 Å². The van der Waals surface area contributed by atoms with E-state index in [-0.39, 0.29) is 0 Å². The predicted molar refractivity (Wildman–Crippen MR) is 107 cm³/mol. The molecule has 1 heterocycles. The van der Waals surface area contributed by atoms with E-state index in [0.29, 0.717) is 11.4 Å². The summed E-state index contributed by atoms with van der Waals surface area (Å²) >= 11 is 0. The number of anilines is 2. The highest BCUT2D eigenvalue weighted by Gasteiger charge is 2.49. The van der Waals surface area contributed by atoms with Gasteiger partial charge < -0.3 is 10.6 Å². The van der Waals surface area contributed by atoms with Crippen LogP contribution in [0.25, 0.3) is 11.1 Å². The van der Waals surface area contributed by atoms with E-state index in [9.17, 15) is 12.6 Å². The van der Waals surface area contributed by atoms with Crippen LogP contribution in [0.5, 0.6) is 0 Å². The lowest BCUT2D eigenvalue weighted by Gasteiger charge is -2.39. The van der Waals surface area contributed by atoms with E-state index in [2.05, 4.69) is 0 Å². The number of nitrogens with two attached hydrogens (primary N) is 1. The van der Waals surface area contributed by atoms with Gasteiger partial charge in [0.05, 0.1) is 6.04 Å². The van der Waals surface area contributed by atoms with Gasteiger partial charge in [0.1, 0.15) is 0 Å². The zero-order valence-corrected chi connectivity index (χ0v) is 15.6. The van der Waals surface area contributed by atoms with Gasteiger partial charge in [-0.25, -0.2) is 0 Å². The summed E-state index contributed by atoms with van der Waals surface area (Å²) in [6.07, 6.45) is -0.919. The number of rotatable bonds is 3. The van der Waals surface area contributed by atoms with Gasteiger partial charge in [-0.15, -0.1) is 0 Å². The predicted octanol–water partition coefficient (Wildman–Crippen LogP) is 6.78. The van der Waals surface area contributed by atoms with Crippen LogP contribution < -0.4 is 10.6 Å². The Balaban J connectivity index is 2.01. The topological polar surface area (TPSA) is 29.3 Å². The fraction of sp³-hybridized carbons (Fsp3) is 0.143.